The summed E-state index contributed by atoms with van der Waals surface area (Å²) >= 11 is 0. The molecule has 20 heavy (non-hydrogen) atoms. The molecular weight excluding hydrogens is 250 g/mol. The molecule has 106 valence electrons. The fourth-order valence-electron chi connectivity index (χ4n) is 1.88. The average Bonchev–Trinajstić information content (AvgIpc) is 2.45. The summed E-state index contributed by atoms with van der Waals surface area (Å²) in [6.07, 6.45) is -0.395. The molecule has 0 unspecified atom stereocenters. The number of hydrogen-bond donors (Lipinski definition) is 1. The first-order chi connectivity index (χ1) is 9.58. The number of carbonyl (C=O) groups excluding carboxylic acids is 1. The lowest BCUT2D eigenvalue weighted by Gasteiger charge is -2.16. The highest BCUT2D eigenvalue weighted by atomic mass is 16.5. The first-order valence-corrected chi connectivity index (χ1v) is 6.99. The number of nitrogens with one attached hydrogen (secondary N) is 1. The van der Waals surface area contributed by atoms with Crippen molar-refractivity contribution in [3.05, 3.63) is 42.5 Å². The minimum Gasteiger partial charge on any atom is -0.449 e. The molecule has 3 heteroatoms. The SMILES string of the molecule is CC(C)[C@@H](C)COC(=O)Nc1cccc2ccccc12. The number of ether oxygens (including phenoxy) is 1. The Kier molecular flexibility index (Phi) is 4.61. The summed E-state index contributed by atoms with van der Waals surface area (Å²) in [6.45, 7) is 6.76. The average molecular weight is 271 g/mol. The van der Waals surface area contributed by atoms with E-state index >= 15 is 0 Å². The van der Waals surface area contributed by atoms with Crippen molar-refractivity contribution in [2.75, 3.05) is 11.9 Å². The second kappa shape index (κ2) is 6.42. The Morgan fingerprint density at radius 3 is 2.55 bits per heavy atom. The van der Waals surface area contributed by atoms with Crippen molar-refractivity contribution < 1.29 is 9.53 Å². The zero-order valence-electron chi connectivity index (χ0n) is 12.2. The Morgan fingerprint density at radius 2 is 1.80 bits per heavy atom. The number of benzene rings is 2. The molecule has 2 aromatic carbocycles. The molecule has 0 aliphatic carbocycles. The maximum atomic E-state index is 11.8. The fourth-order valence-corrected chi connectivity index (χ4v) is 1.88. The van der Waals surface area contributed by atoms with Gasteiger partial charge in [0, 0.05) is 5.39 Å². The number of amides is 1. The molecule has 2 rings (SSSR count). The topological polar surface area (TPSA) is 38.3 Å². The van der Waals surface area contributed by atoms with Crippen molar-refractivity contribution in [3.8, 4) is 0 Å². The second-order valence-electron chi connectivity index (χ2n) is 5.47. The second-order valence-corrected chi connectivity index (χ2v) is 5.47. The normalized spacial score (nSPS) is 12.4. The highest BCUT2D eigenvalue weighted by Crippen LogP contribution is 2.23. The summed E-state index contributed by atoms with van der Waals surface area (Å²) in [7, 11) is 0. The lowest BCUT2D eigenvalue weighted by Crippen LogP contribution is -2.20. The van der Waals surface area contributed by atoms with Crippen LogP contribution in [-0.2, 0) is 4.74 Å². The van der Waals surface area contributed by atoms with Gasteiger partial charge in [0.2, 0.25) is 0 Å². The third-order valence-corrected chi connectivity index (χ3v) is 3.64. The van der Waals surface area contributed by atoms with Gasteiger partial charge in [0.15, 0.2) is 0 Å². The van der Waals surface area contributed by atoms with Gasteiger partial charge in [-0.15, -0.1) is 0 Å². The smallest absolute Gasteiger partial charge is 0.411 e. The minimum absolute atomic E-state index is 0.355. The Balaban J connectivity index is 2.03. The molecule has 2 aromatic rings. The van der Waals surface area contributed by atoms with Crippen LogP contribution in [0, 0.1) is 11.8 Å². The van der Waals surface area contributed by atoms with E-state index in [-0.39, 0.29) is 0 Å². The maximum absolute atomic E-state index is 11.8. The van der Waals surface area contributed by atoms with Crippen molar-refractivity contribution in [1.82, 2.24) is 0 Å². The molecule has 0 radical (unpaired) electrons. The van der Waals surface area contributed by atoms with E-state index in [9.17, 15) is 4.79 Å². The van der Waals surface area contributed by atoms with E-state index in [0.717, 1.165) is 16.5 Å². The molecule has 3 nitrogen and oxygen atoms in total. The van der Waals surface area contributed by atoms with Gasteiger partial charge in [-0.2, -0.15) is 0 Å². The van der Waals surface area contributed by atoms with Gasteiger partial charge in [-0.3, -0.25) is 5.32 Å². The molecule has 0 spiro atoms. The monoisotopic (exact) mass is 271 g/mol. The van der Waals surface area contributed by atoms with Crippen LogP contribution in [0.25, 0.3) is 10.8 Å². The highest BCUT2D eigenvalue weighted by molar-refractivity contribution is 6.00. The summed E-state index contributed by atoms with van der Waals surface area (Å²) in [5.41, 5.74) is 0.783. The molecule has 0 aliphatic heterocycles. The summed E-state index contributed by atoms with van der Waals surface area (Å²) in [5, 5.41) is 4.93. The van der Waals surface area contributed by atoms with Crippen molar-refractivity contribution in [3.63, 3.8) is 0 Å². The van der Waals surface area contributed by atoms with Crippen molar-refractivity contribution in [2.45, 2.75) is 20.8 Å². The molecule has 1 atom stereocenters. The Morgan fingerprint density at radius 1 is 1.10 bits per heavy atom. The summed E-state index contributed by atoms with van der Waals surface area (Å²) < 4.78 is 5.27. The van der Waals surface area contributed by atoms with Gasteiger partial charge in [-0.1, -0.05) is 57.2 Å². The molecule has 1 N–H and O–H groups in total. The predicted molar refractivity (Wildman–Crippen MR) is 82.9 cm³/mol. The van der Waals surface area contributed by atoms with Crippen LogP contribution >= 0.6 is 0 Å². The zero-order chi connectivity index (χ0) is 14.5. The van der Waals surface area contributed by atoms with Crippen molar-refractivity contribution in [2.24, 2.45) is 11.8 Å². The predicted octanol–water partition coefficient (Wildman–Crippen LogP) is 4.68. The molecular formula is C17H21NO2. The molecule has 0 bridgehead atoms. The first-order valence-electron chi connectivity index (χ1n) is 6.99. The van der Waals surface area contributed by atoms with Gasteiger partial charge in [0.25, 0.3) is 0 Å². The van der Waals surface area contributed by atoms with Crippen LogP contribution in [0.2, 0.25) is 0 Å². The summed E-state index contributed by atoms with van der Waals surface area (Å²) in [5.74, 6) is 0.855. The van der Waals surface area contributed by atoms with Crippen molar-refractivity contribution >= 4 is 22.6 Å². The number of hydrogen-bond acceptors (Lipinski definition) is 2. The fraction of sp³-hybridized carbons (Fsp3) is 0.353. The molecule has 1 amide bonds. The zero-order valence-corrected chi connectivity index (χ0v) is 12.2. The molecule has 0 fully saturated rings. The molecule has 0 saturated heterocycles. The lowest BCUT2D eigenvalue weighted by atomic mass is 9.99. The van der Waals surface area contributed by atoms with E-state index in [4.69, 9.17) is 4.74 Å². The van der Waals surface area contributed by atoms with E-state index in [2.05, 4.69) is 26.1 Å². The summed E-state index contributed by atoms with van der Waals surface area (Å²) in [4.78, 5) is 11.8. The molecule has 0 saturated carbocycles. The Labute approximate surface area is 119 Å². The van der Waals surface area contributed by atoms with E-state index < -0.39 is 6.09 Å². The van der Waals surface area contributed by atoms with Gasteiger partial charge in [-0.25, -0.2) is 4.79 Å². The van der Waals surface area contributed by atoms with Crippen LogP contribution < -0.4 is 5.32 Å². The first kappa shape index (κ1) is 14.4. The van der Waals surface area contributed by atoms with E-state index in [1.807, 2.05) is 42.5 Å². The van der Waals surface area contributed by atoms with Crippen LogP contribution in [-0.4, -0.2) is 12.7 Å². The van der Waals surface area contributed by atoms with Gasteiger partial charge >= 0.3 is 6.09 Å². The van der Waals surface area contributed by atoms with Gasteiger partial charge in [0.05, 0.1) is 12.3 Å². The Bertz CT molecular complexity index is 587. The molecule has 0 heterocycles. The quantitative estimate of drug-likeness (QED) is 0.876. The number of anilines is 1. The van der Waals surface area contributed by atoms with Crippen molar-refractivity contribution in [1.29, 1.82) is 0 Å². The Hall–Kier alpha value is -2.03. The van der Waals surface area contributed by atoms with E-state index in [1.165, 1.54) is 0 Å². The van der Waals surface area contributed by atoms with Crippen LogP contribution in [0.3, 0.4) is 0 Å². The van der Waals surface area contributed by atoms with Crippen LogP contribution in [0.1, 0.15) is 20.8 Å². The third kappa shape index (κ3) is 3.50. The van der Waals surface area contributed by atoms with Gasteiger partial charge in [-0.05, 0) is 23.3 Å². The summed E-state index contributed by atoms with van der Waals surface area (Å²) in [6, 6.07) is 13.8. The van der Waals surface area contributed by atoms with Crippen LogP contribution in [0.5, 0.6) is 0 Å². The minimum atomic E-state index is -0.395. The largest absolute Gasteiger partial charge is 0.449 e. The molecule has 0 aliphatic rings. The lowest BCUT2D eigenvalue weighted by molar-refractivity contribution is 0.133. The third-order valence-electron chi connectivity index (χ3n) is 3.64. The van der Waals surface area contributed by atoms with Gasteiger partial charge in [0.1, 0.15) is 0 Å². The van der Waals surface area contributed by atoms with Crippen LogP contribution in [0.15, 0.2) is 42.5 Å². The van der Waals surface area contributed by atoms with Crippen LogP contribution in [0.4, 0.5) is 10.5 Å². The van der Waals surface area contributed by atoms with Gasteiger partial charge < -0.3 is 4.74 Å². The number of fused-ring (bicyclic) bond motifs is 1. The highest BCUT2D eigenvalue weighted by Gasteiger charge is 2.11. The standard InChI is InChI=1S/C17H21NO2/c1-12(2)13(3)11-20-17(19)18-16-10-6-8-14-7-4-5-9-15(14)16/h4-10,12-13H,11H2,1-3H3,(H,18,19)/t13-/m0/s1. The molecule has 0 aromatic heterocycles. The maximum Gasteiger partial charge on any atom is 0.411 e. The number of rotatable bonds is 4. The number of carbonyl (C=O) groups is 1. The van der Waals surface area contributed by atoms with E-state index in [0.29, 0.717) is 18.4 Å². The van der Waals surface area contributed by atoms with E-state index in [1.54, 1.807) is 0 Å².